The summed E-state index contributed by atoms with van der Waals surface area (Å²) in [4.78, 5) is 51.5. The molecule has 4 aliphatic rings. The van der Waals surface area contributed by atoms with Gasteiger partial charge in [-0.3, -0.25) is 19.3 Å². The zero-order valence-corrected chi connectivity index (χ0v) is 26.9. The Hall–Kier alpha value is -3.05. The number of ether oxygens (including phenoxy) is 2. The van der Waals surface area contributed by atoms with Crippen molar-refractivity contribution in [2.45, 2.75) is 56.8 Å². The van der Waals surface area contributed by atoms with Crippen molar-refractivity contribution in [3.05, 3.63) is 55.6 Å². The Morgan fingerprint density at radius 1 is 1.04 bits per heavy atom. The summed E-state index contributed by atoms with van der Waals surface area (Å²) in [7, 11) is 0. The van der Waals surface area contributed by atoms with Crippen molar-refractivity contribution in [2.75, 3.05) is 70.5 Å². The molecule has 1 spiro atoms. The first-order chi connectivity index (χ1) is 21.7. The molecule has 4 fully saturated rings. The van der Waals surface area contributed by atoms with Crippen LogP contribution in [-0.4, -0.2) is 120 Å². The summed E-state index contributed by atoms with van der Waals surface area (Å²) in [6.45, 7) is 17.1. The van der Waals surface area contributed by atoms with E-state index < -0.39 is 29.1 Å². The smallest absolute Gasteiger partial charge is 0.248 e. The Kier molecular flexibility index (Phi) is 10.5. The van der Waals surface area contributed by atoms with Crippen LogP contribution in [0.5, 0.6) is 0 Å². The molecular weight excluding hydrogens is 572 g/mol. The maximum atomic E-state index is 14.7. The highest BCUT2D eigenvalue weighted by molar-refractivity contribution is 6.03. The molecule has 4 aliphatic heterocycles. The highest BCUT2D eigenvalue weighted by Gasteiger charge is 2.80. The molecule has 1 N–H and O–H groups in total. The number of hydrogen-bond acceptors (Lipinski definition) is 7. The molecule has 10 heteroatoms. The van der Waals surface area contributed by atoms with E-state index in [1.165, 1.54) is 0 Å². The van der Waals surface area contributed by atoms with Gasteiger partial charge < -0.3 is 29.3 Å². The number of fused-ring (bicyclic) bond motifs is 1. The molecule has 4 heterocycles. The number of aliphatic hydroxyl groups excluding tert-OH is 1. The number of anilines is 1. The molecule has 6 atom stereocenters. The van der Waals surface area contributed by atoms with E-state index >= 15 is 0 Å². The molecule has 3 unspecified atom stereocenters. The molecule has 1 aromatic carbocycles. The third-order valence-corrected chi connectivity index (χ3v) is 10.5. The zero-order valence-electron chi connectivity index (χ0n) is 26.9. The highest BCUT2D eigenvalue weighted by Crippen LogP contribution is 2.65. The lowest BCUT2D eigenvalue weighted by molar-refractivity contribution is -0.152. The predicted octanol–water partition coefficient (Wildman–Crippen LogP) is 2.73. The minimum atomic E-state index is -1.12. The molecular formula is C35H50N4O6. The average molecular weight is 623 g/mol. The predicted molar refractivity (Wildman–Crippen MR) is 172 cm³/mol. The van der Waals surface area contributed by atoms with Crippen LogP contribution in [0.1, 0.15) is 39.5 Å². The molecule has 0 aromatic heterocycles. The molecule has 1 aromatic rings. The standard InChI is InChI=1S/C35H50N4O6/c1-5-15-37(19-18-36-20-23-44-24-21-36)33(43)30-35-25-26(3)34(4,45-35)28(29(35)32(42)39(30)17-11-8-12-22-40)31(41)38(16-6-2)27-13-9-7-10-14-27/h5-7,9-10,13-14,26,28-30,40H,1-2,8,11-12,15-25H2,3-4H3/t26?,28-,29-,30?,34+,35?/m0/s1. The van der Waals surface area contributed by atoms with Crippen molar-refractivity contribution in [1.82, 2.24) is 14.7 Å². The number of benzene rings is 1. The SMILES string of the molecule is C=CCN(CCN1CCOCC1)C(=O)C1N(CCCCCO)C(=O)[C@@H]2[C@@H](C(=O)N(CC=C)c3ccccc3)[C@]3(C)OC12CC3C. The Labute approximate surface area is 267 Å². The summed E-state index contributed by atoms with van der Waals surface area (Å²) in [5.41, 5.74) is -1.30. The number of carbonyl (C=O) groups is 3. The van der Waals surface area contributed by atoms with Crippen LogP contribution in [0.4, 0.5) is 5.69 Å². The summed E-state index contributed by atoms with van der Waals surface area (Å²) < 4.78 is 12.5. The maximum Gasteiger partial charge on any atom is 0.248 e. The summed E-state index contributed by atoms with van der Waals surface area (Å²) in [6.07, 6.45) is 5.93. The van der Waals surface area contributed by atoms with Crippen LogP contribution in [-0.2, 0) is 23.9 Å². The van der Waals surface area contributed by atoms with Crippen molar-refractivity contribution in [1.29, 1.82) is 0 Å². The van der Waals surface area contributed by atoms with E-state index in [9.17, 15) is 19.5 Å². The van der Waals surface area contributed by atoms with Crippen molar-refractivity contribution in [2.24, 2.45) is 17.8 Å². The summed E-state index contributed by atoms with van der Waals surface area (Å²) in [6, 6.07) is 8.59. The van der Waals surface area contributed by atoms with Crippen LogP contribution < -0.4 is 4.90 Å². The molecule has 0 saturated carbocycles. The molecule has 0 radical (unpaired) electrons. The number of amides is 3. The van der Waals surface area contributed by atoms with Crippen molar-refractivity contribution >= 4 is 23.4 Å². The van der Waals surface area contributed by atoms with Crippen LogP contribution in [0, 0.1) is 17.8 Å². The first kappa shape index (κ1) is 33.3. The van der Waals surface area contributed by atoms with Gasteiger partial charge >= 0.3 is 0 Å². The lowest BCUT2D eigenvalue weighted by atomic mass is 9.62. The number of morpholine rings is 1. The van der Waals surface area contributed by atoms with Gasteiger partial charge in [0, 0.05) is 58.1 Å². The lowest BCUT2D eigenvalue weighted by Gasteiger charge is -2.39. The van der Waals surface area contributed by atoms with Gasteiger partial charge in [-0.15, -0.1) is 13.2 Å². The molecule has 10 nitrogen and oxygen atoms in total. The fourth-order valence-electron chi connectivity index (χ4n) is 8.14. The molecule has 0 aliphatic carbocycles. The Bertz CT molecular complexity index is 1240. The van der Waals surface area contributed by atoms with Gasteiger partial charge in [0.1, 0.15) is 11.6 Å². The number of hydrogen-bond donors (Lipinski definition) is 1. The number of unbranched alkanes of at least 4 members (excludes halogenated alkanes) is 2. The second-order valence-corrected chi connectivity index (χ2v) is 13.1. The van der Waals surface area contributed by atoms with E-state index in [0.29, 0.717) is 65.2 Å². The van der Waals surface area contributed by atoms with Crippen LogP contribution in [0.3, 0.4) is 0 Å². The van der Waals surface area contributed by atoms with Gasteiger partial charge in [-0.05, 0) is 50.7 Å². The minimum absolute atomic E-state index is 0.0531. The average Bonchev–Trinajstić information content (AvgIpc) is 3.56. The van der Waals surface area contributed by atoms with Crippen LogP contribution in [0.2, 0.25) is 0 Å². The lowest BCUT2D eigenvalue weighted by Crippen LogP contribution is -2.57. The Morgan fingerprint density at radius 2 is 1.76 bits per heavy atom. The number of carbonyl (C=O) groups excluding carboxylic acids is 3. The highest BCUT2D eigenvalue weighted by atomic mass is 16.5. The molecule has 4 saturated heterocycles. The van der Waals surface area contributed by atoms with Crippen LogP contribution >= 0.6 is 0 Å². The van der Waals surface area contributed by atoms with E-state index in [4.69, 9.17) is 9.47 Å². The third-order valence-electron chi connectivity index (χ3n) is 10.5. The zero-order chi connectivity index (χ0) is 32.2. The molecule has 45 heavy (non-hydrogen) atoms. The maximum absolute atomic E-state index is 14.7. The van der Waals surface area contributed by atoms with Gasteiger partial charge in [0.2, 0.25) is 17.7 Å². The Balaban J connectivity index is 1.51. The number of rotatable bonds is 15. The number of nitrogens with zero attached hydrogens (tertiary/aromatic N) is 4. The van der Waals surface area contributed by atoms with Crippen molar-refractivity contribution in [3.8, 4) is 0 Å². The van der Waals surface area contributed by atoms with Crippen molar-refractivity contribution in [3.63, 3.8) is 0 Å². The van der Waals surface area contributed by atoms with E-state index in [1.807, 2.05) is 37.3 Å². The van der Waals surface area contributed by atoms with E-state index in [-0.39, 0.29) is 30.2 Å². The van der Waals surface area contributed by atoms with Gasteiger partial charge in [0.25, 0.3) is 0 Å². The molecule has 3 amide bonds. The fraction of sp³-hybridized carbons (Fsp3) is 0.629. The minimum Gasteiger partial charge on any atom is -0.396 e. The molecule has 5 rings (SSSR count). The summed E-state index contributed by atoms with van der Waals surface area (Å²) in [5.74, 6) is -2.12. The van der Waals surface area contributed by atoms with Crippen molar-refractivity contribution < 1.29 is 29.0 Å². The van der Waals surface area contributed by atoms with Crippen LogP contribution in [0.15, 0.2) is 55.6 Å². The Morgan fingerprint density at radius 3 is 2.42 bits per heavy atom. The second kappa shape index (κ2) is 14.2. The quantitative estimate of drug-likeness (QED) is 0.237. The normalized spacial score (nSPS) is 30.7. The number of likely N-dealkylation sites (tertiary alicyclic amines) is 1. The van der Waals surface area contributed by atoms with Gasteiger partial charge in [0.05, 0.1) is 30.7 Å². The van der Waals surface area contributed by atoms with E-state index in [2.05, 4.69) is 25.0 Å². The summed E-state index contributed by atoms with van der Waals surface area (Å²) in [5, 5.41) is 9.38. The largest absolute Gasteiger partial charge is 0.396 e. The monoisotopic (exact) mass is 622 g/mol. The van der Waals surface area contributed by atoms with Crippen LogP contribution in [0.25, 0.3) is 0 Å². The number of aliphatic hydroxyl groups is 1. The fourth-order valence-corrected chi connectivity index (χ4v) is 8.14. The van der Waals surface area contributed by atoms with E-state index in [1.54, 1.807) is 26.9 Å². The first-order valence-electron chi connectivity index (χ1n) is 16.5. The van der Waals surface area contributed by atoms with Gasteiger partial charge in [-0.25, -0.2) is 0 Å². The van der Waals surface area contributed by atoms with Gasteiger partial charge in [0.15, 0.2) is 0 Å². The molecule has 246 valence electrons. The topological polar surface area (TPSA) is 103 Å². The van der Waals surface area contributed by atoms with Gasteiger partial charge in [-0.1, -0.05) is 37.3 Å². The second-order valence-electron chi connectivity index (χ2n) is 13.1. The molecule has 2 bridgehead atoms. The summed E-state index contributed by atoms with van der Waals surface area (Å²) >= 11 is 0. The first-order valence-corrected chi connectivity index (χ1v) is 16.5. The number of para-hydroxylation sites is 1. The third kappa shape index (κ3) is 6.10. The van der Waals surface area contributed by atoms with Gasteiger partial charge in [-0.2, -0.15) is 0 Å². The van der Waals surface area contributed by atoms with E-state index in [0.717, 1.165) is 25.2 Å².